The van der Waals surface area contributed by atoms with Gasteiger partial charge in [0.25, 0.3) is 0 Å². The Hall–Kier alpha value is -7.02. The number of fused-ring (bicyclic) bond motifs is 4. The van der Waals surface area contributed by atoms with Crippen LogP contribution in [0.15, 0.2) is 224 Å². The van der Waals surface area contributed by atoms with E-state index < -0.39 is 0 Å². The van der Waals surface area contributed by atoms with Crippen molar-refractivity contribution in [1.29, 1.82) is 0 Å². The van der Waals surface area contributed by atoms with Gasteiger partial charge in [0.15, 0.2) is 0 Å². The second-order valence-corrected chi connectivity index (χ2v) is 14.4. The molecule has 10 rings (SSSR count). The molecule has 258 valence electrons. The molecule has 10 aromatic rings. The quantitative estimate of drug-likeness (QED) is 0.115. The lowest BCUT2D eigenvalue weighted by atomic mass is 9.77. The third-order valence-corrected chi connectivity index (χ3v) is 11.2. The zero-order valence-electron chi connectivity index (χ0n) is 30.4. The lowest BCUT2D eigenvalue weighted by molar-refractivity contribution is 0.981. The van der Waals surface area contributed by atoms with E-state index in [-0.39, 0.29) is 5.92 Å². The summed E-state index contributed by atoms with van der Waals surface area (Å²) in [4.78, 5) is 0. The van der Waals surface area contributed by atoms with Gasteiger partial charge in [-0.25, -0.2) is 0 Å². The summed E-state index contributed by atoms with van der Waals surface area (Å²) in [6.07, 6.45) is 0. The van der Waals surface area contributed by atoms with Crippen LogP contribution in [0.5, 0.6) is 0 Å². The first-order valence-electron chi connectivity index (χ1n) is 19.1. The number of benzene rings is 10. The summed E-state index contributed by atoms with van der Waals surface area (Å²) in [6.45, 7) is 0. The average molecular weight is 699 g/mol. The summed E-state index contributed by atoms with van der Waals surface area (Å²) in [7, 11) is 0. The molecular weight excluding hydrogens is 661 g/mol. The third kappa shape index (κ3) is 6.09. The zero-order valence-corrected chi connectivity index (χ0v) is 30.4. The van der Waals surface area contributed by atoms with E-state index in [9.17, 15) is 0 Å². The van der Waals surface area contributed by atoms with Gasteiger partial charge in [0, 0.05) is 5.92 Å². The Balaban J connectivity index is 1.27. The lowest BCUT2D eigenvalue weighted by Crippen LogP contribution is -2.07. The Morgan fingerprint density at radius 3 is 1.58 bits per heavy atom. The highest BCUT2D eigenvalue weighted by atomic mass is 14.3. The minimum atomic E-state index is -0.0402. The Bertz CT molecular complexity index is 2960. The van der Waals surface area contributed by atoms with Crippen LogP contribution in [0.2, 0.25) is 0 Å². The smallest absolute Gasteiger partial charge is 0.0346 e. The van der Waals surface area contributed by atoms with Crippen molar-refractivity contribution in [3.63, 3.8) is 0 Å². The molecular formula is C55H38. The Morgan fingerprint density at radius 1 is 0.255 bits per heavy atom. The number of hydrogen-bond donors (Lipinski definition) is 0. The van der Waals surface area contributed by atoms with Crippen molar-refractivity contribution >= 4 is 32.3 Å². The topological polar surface area (TPSA) is 0 Å². The fourth-order valence-electron chi connectivity index (χ4n) is 8.56. The lowest BCUT2D eigenvalue weighted by Gasteiger charge is -2.26. The van der Waals surface area contributed by atoms with Crippen molar-refractivity contribution in [2.75, 3.05) is 0 Å². The van der Waals surface area contributed by atoms with Gasteiger partial charge in [-0.05, 0) is 106 Å². The molecule has 0 aromatic heterocycles. The SMILES string of the molecule is c1ccc(-c2ccc(C(c3cccc(-c4ccccc4)c3)c3cccc(-c4cc5ccccc5c5ccccc45)c3-c3ccc4ccccc4c3)cc2)cc1. The van der Waals surface area contributed by atoms with Gasteiger partial charge in [0.1, 0.15) is 0 Å². The van der Waals surface area contributed by atoms with Gasteiger partial charge in [-0.15, -0.1) is 0 Å². The first kappa shape index (κ1) is 32.6. The van der Waals surface area contributed by atoms with Gasteiger partial charge < -0.3 is 0 Å². The molecule has 0 N–H and O–H groups in total. The summed E-state index contributed by atoms with van der Waals surface area (Å²) in [5.74, 6) is -0.0402. The van der Waals surface area contributed by atoms with E-state index in [0.717, 1.165) is 0 Å². The maximum absolute atomic E-state index is 2.40. The molecule has 55 heavy (non-hydrogen) atoms. The van der Waals surface area contributed by atoms with Crippen LogP contribution in [0.3, 0.4) is 0 Å². The molecule has 1 atom stereocenters. The summed E-state index contributed by atoms with van der Waals surface area (Å²) < 4.78 is 0. The van der Waals surface area contributed by atoms with E-state index in [1.54, 1.807) is 0 Å². The highest BCUT2D eigenvalue weighted by Crippen LogP contribution is 2.46. The predicted octanol–water partition coefficient (Wildman–Crippen LogP) is 15.0. The van der Waals surface area contributed by atoms with Gasteiger partial charge in [-0.3, -0.25) is 0 Å². The van der Waals surface area contributed by atoms with Crippen LogP contribution < -0.4 is 0 Å². The molecule has 0 saturated carbocycles. The average Bonchev–Trinajstić information content (AvgIpc) is 3.27. The van der Waals surface area contributed by atoms with Gasteiger partial charge in [0.05, 0.1) is 0 Å². The second-order valence-electron chi connectivity index (χ2n) is 14.4. The van der Waals surface area contributed by atoms with Crippen molar-refractivity contribution in [2.45, 2.75) is 5.92 Å². The monoisotopic (exact) mass is 698 g/mol. The normalized spacial score (nSPS) is 11.9. The summed E-state index contributed by atoms with van der Waals surface area (Å²) in [5.41, 5.74) is 13.6. The standard InChI is InChI=1S/C55H38/c1-3-15-38(16-4-1)41-29-32-42(33-30-41)54(46-23-13-22-44(35-46)39-17-5-2-6-18-39)52-28-14-27-51(55(52)47-34-31-40-19-7-8-20-43(40)36-47)53-37-45-21-9-10-24-48(45)49-25-11-12-26-50(49)53/h1-37,54H. The fraction of sp³-hybridized carbons (Fsp3) is 0.0182. The molecule has 0 bridgehead atoms. The van der Waals surface area contributed by atoms with Crippen LogP contribution in [-0.2, 0) is 0 Å². The minimum Gasteiger partial charge on any atom is -0.0622 e. The molecule has 0 aliphatic rings. The molecule has 0 saturated heterocycles. The van der Waals surface area contributed by atoms with Crippen molar-refractivity contribution in [1.82, 2.24) is 0 Å². The predicted molar refractivity (Wildman–Crippen MR) is 235 cm³/mol. The highest BCUT2D eigenvalue weighted by Gasteiger charge is 2.25. The Kier molecular flexibility index (Phi) is 8.35. The highest BCUT2D eigenvalue weighted by molar-refractivity contribution is 6.15. The van der Waals surface area contributed by atoms with Crippen molar-refractivity contribution in [3.8, 4) is 44.5 Å². The molecule has 10 aromatic carbocycles. The van der Waals surface area contributed by atoms with E-state index in [1.165, 1.54) is 93.5 Å². The van der Waals surface area contributed by atoms with Crippen molar-refractivity contribution < 1.29 is 0 Å². The van der Waals surface area contributed by atoms with E-state index >= 15 is 0 Å². The molecule has 0 spiro atoms. The zero-order chi connectivity index (χ0) is 36.6. The van der Waals surface area contributed by atoms with Gasteiger partial charge in [0.2, 0.25) is 0 Å². The summed E-state index contributed by atoms with van der Waals surface area (Å²) in [5, 5.41) is 7.53. The molecule has 1 unspecified atom stereocenters. The maximum Gasteiger partial charge on any atom is 0.0346 e. The maximum atomic E-state index is 2.40. The molecule has 0 heteroatoms. The van der Waals surface area contributed by atoms with Crippen LogP contribution in [0, 0.1) is 0 Å². The molecule has 0 aliphatic heterocycles. The first-order chi connectivity index (χ1) is 27.3. The minimum absolute atomic E-state index is 0.0402. The van der Waals surface area contributed by atoms with E-state index in [1.807, 2.05) is 0 Å². The van der Waals surface area contributed by atoms with E-state index in [4.69, 9.17) is 0 Å². The van der Waals surface area contributed by atoms with Crippen LogP contribution >= 0.6 is 0 Å². The Labute approximate surface area is 322 Å². The molecule has 0 aliphatic carbocycles. The molecule has 0 amide bonds. The van der Waals surface area contributed by atoms with E-state index in [0.29, 0.717) is 0 Å². The van der Waals surface area contributed by atoms with Crippen LogP contribution in [-0.4, -0.2) is 0 Å². The van der Waals surface area contributed by atoms with Gasteiger partial charge in [-0.2, -0.15) is 0 Å². The van der Waals surface area contributed by atoms with Crippen LogP contribution in [0.25, 0.3) is 76.8 Å². The van der Waals surface area contributed by atoms with Crippen LogP contribution in [0.1, 0.15) is 22.6 Å². The van der Waals surface area contributed by atoms with Crippen LogP contribution in [0.4, 0.5) is 0 Å². The van der Waals surface area contributed by atoms with Crippen molar-refractivity contribution in [3.05, 3.63) is 241 Å². The Morgan fingerprint density at radius 2 is 0.818 bits per heavy atom. The number of hydrogen-bond acceptors (Lipinski definition) is 0. The van der Waals surface area contributed by atoms with Crippen molar-refractivity contribution in [2.24, 2.45) is 0 Å². The third-order valence-electron chi connectivity index (χ3n) is 11.2. The van der Waals surface area contributed by atoms with Gasteiger partial charge in [-0.1, -0.05) is 212 Å². The van der Waals surface area contributed by atoms with E-state index in [2.05, 4.69) is 224 Å². The molecule has 0 radical (unpaired) electrons. The largest absolute Gasteiger partial charge is 0.0622 e. The molecule has 0 fully saturated rings. The summed E-state index contributed by atoms with van der Waals surface area (Å²) >= 11 is 0. The molecule has 0 heterocycles. The first-order valence-corrected chi connectivity index (χ1v) is 19.1. The summed E-state index contributed by atoms with van der Waals surface area (Å²) in [6, 6.07) is 82.6. The molecule has 0 nitrogen and oxygen atoms in total. The second kappa shape index (κ2) is 14.1. The fourth-order valence-corrected chi connectivity index (χ4v) is 8.56. The van der Waals surface area contributed by atoms with Gasteiger partial charge >= 0.3 is 0 Å². The number of rotatable bonds is 7.